The number of aryl methyl sites for hydroxylation is 2. The van der Waals surface area contributed by atoms with Gasteiger partial charge in [-0.2, -0.15) is 4.98 Å². The highest BCUT2D eigenvalue weighted by Crippen LogP contribution is 2.33. The van der Waals surface area contributed by atoms with E-state index >= 15 is 0 Å². The number of hydrogen-bond donors (Lipinski definition) is 1. The monoisotopic (exact) mass is 258 g/mol. The standard InChI is InChI=1S/C15H18N2O2/c1-8-6-13(19-5)10(3)11(4)14(8)12-7-9(2)16-15(18)17-12/h6-7H,1-5H3,(H,16,17,18). The van der Waals surface area contributed by atoms with Crippen LogP contribution in [0.3, 0.4) is 0 Å². The molecule has 0 amide bonds. The molecule has 0 aliphatic rings. The number of ether oxygens (including phenoxy) is 1. The van der Waals surface area contributed by atoms with E-state index in [1.54, 1.807) is 7.11 Å². The number of rotatable bonds is 2. The van der Waals surface area contributed by atoms with E-state index in [2.05, 4.69) is 9.97 Å². The fraction of sp³-hybridized carbons (Fsp3) is 0.333. The zero-order valence-electron chi connectivity index (χ0n) is 11.9. The van der Waals surface area contributed by atoms with Crippen molar-refractivity contribution in [3.05, 3.63) is 45.0 Å². The maximum absolute atomic E-state index is 11.5. The Balaban J connectivity index is 2.75. The Kier molecular flexibility index (Phi) is 3.42. The van der Waals surface area contributed by atoms with Gasteiger partial charge >= 0.3 is 5.69 Å². The molecule has 0 bridgehead atoms. The van der Waals surface area contributed by atoms with E-state index in [4.69, 9.17) is 4.74 Å². The molecule has 0 fully saturated rings. The smallest absolute Gasteiger partial charge is 0.345 e. The van der Waals surface area contributed by atoms with E-state index in [0.717, 1.165) is 33.7 Å². The molecule has 0 unspecified atom stereocenters. The molecule has 0 radical (unpaired) electrons. The second kappa shape index (κ2) is 4.88. The zero-order valence-corrected chi connectivity index (χ0v) is 11.9. The molecule has 0 saturated heterocycles. The van der Waals surface area contributed by atoms with Crippen molar-refractivity contribution < 1.29 is 4.74 Å². The molecule has 2 aromatic rings. The lowest BCUT2D eigenvalue weighted by Crippen LogP contribution is -2.12. The summed E-state index contributed by atoms with van der Waals surface area (Å²) in [7, 11) is 1.66. The lowest BCUT2D eigenvalue weighted by Gasteiger charge is -2.15. The quantitative estimate of drug-likeness (QED) is 0.901. The molecule has 19 heavy (non-hydrogen) atoms. The SMILES string of the molecule is COc1cc(C)c(-c2cc(C)[nH]c(=O)n2)c(C)c1C. The molecule has 1 N–H and O–H groups in total. The van der Waals surface area contributed by atoms with Gasteiger partial charge in [0.25, 0.3) is 0 Å². The summed E-state index contributed by atoms with van der Waals surface area (Å²) in [6.45, 7) is 7.89. The molecule has 0 spiro atoms. The van der Waals surface area contributed by atoms with Crippen molar-refractivity contribution in [1.82, 2.24) is 9.97 Å². The number of H-pyrrole nitrogens is 1. The Morgan fingerprint density at radius 2 is 1.79 bits per heavy atom. The average molecular weight is 258 g/mol. The summed E-state index contributed by atoms with van der Waals surface area (Å²) in [5.74, 6) is 0.861. The van der Waals surface area contributed by atoms with Gasteiger partial charge in [0, 0.05) is 11.3 Å². The fourth-order valence-corrected chi connectivity index (χ4v) is 2.36. The summed E-state index contributed by atoms with van der Waals surface area (Å²) in [4.78, 5) is 18.3. The van der Waals surface area contributed by atoms with E-state index in [9.17, 15) is 4.79 Å². The Hall–Kier alpha value is -2.10. The van der Waals surface area contributed by atoms with E-state index in [1.807, 2.05) is 39.8 Å². The van der Waals surface area contributed by atoms with Crippen LogP contribution in [-0.2, 0) is 0 Å². The van der Waals surface area contributed by atoms with Gasteiger partial charge in [-0.1, -0.05) is 0 Å². The third-order valence-corrected chi connectivity index (χ3v) is 3.40. The summed E-state index contributed by atoms with van der Waals surface area (Å²) in [5.41, 5.74) is 5.42. The van der Waals surface area contributed by atoms with Crippen molar-refractivity contribution in [2.45, 2.75) is 27.7 Å². The number of aromatic nitrogens is 2. The van der Waals surface area contributed by atoms with Crippen molar-refractivity contribution in [3.63, 3.8) is 0 Å². The van der Waals surface area contributed by atoms with E-state index < -0.39 is 0 Å². The maximum atomic E-state index is 11.5. The van der Waals surface area contributed by atoms with Crippen molar-refractivity contribution in [2.75, 3.05) is 7.11 Å². The molecule has 4 nitrogen and oxygen atoms in total. The minimum atomic E-state index is -0.317. The van der Waals surface area contributed by atoms with E-state index in [1.165, 1.54) is 0 Å². The first-order chi connectivity index (χ1) is 8.93. The van der Waals surface area contributed by atoms with Crippen LogP contribution in [0.25, 0.3) is 11.3 Å². The van der Waals surface area contributed by atoms with Crippen LogP contribution in [0.15, 0.2) is 16.9 Å². The summed E-state index contributed by atoms with van der Waals surface area (Å²) >= 11 is 0. The topological polar surface area (TPSA) is 55.0 Å². The predicted octanol–water partition coefficient (Wildman–Crippen LogP) is 2.68. The van der Waals surface area contributed by atoms with Crippen LogP contribution in [-0.4, -0.2) is 17.1 Å². The van der Waals surface area contributed by atoms with Gasteiger partial charge in [-0.25, -0.2) is 4.79 Å². The normalized spacial score (nSPS) is 10.6. The number of nitrogens with one attached hydrogen (secondary N) is 1. The minimum absolute atomic E-state index is 0.317. The van der Waals surface area contributed by atoms with Crippen LogP contribution in [0, 0.1) is 27.7 Å². The van der Waals surface area contributed by atoms with Gasteiger partial charge < -0.3 is 9.72 Å². The van der Waals surface area contributed by atoms with Gasteiger partial charge in [-0.15, -0.1) is 0 Å². The van der Waals surface area contributed by atoms with Gasteiger partial charge in [0.15, 0.2) is 0 Å². The van der Waals surface area contributed by atoms with Crippen LogP contribution in [0.5, 0.6) is 5.75 Å². The third kappa shape index (κ3) is 2.38. The van der Waals surface area contributed by atoms with Gasteiger partial charge in [-0.05, 0) is 56.5 Å². The molecule has 100 valence electrons. The Bertz CT molecular complexity index is 687. The summed E-state index contributed by atoms with van der Waals surface area (Å²) in [5, 5.41) is 0. The molecule has 2 rings (SSSR count). The highest BCUT2D eigenvalue weighted by atomic mass is 16.5. The van der Waals surface area contributed by atoms with Crippen LogP contribution in [0.1, 0.15) is 22.4 Å². The molecule has 1 aromatic carbocycles. The summed E-state index contributed by atoms with van der Waals surface area (Å²) in [6, 6.07) is 3.87. The van der Waals surface area contributed by atoms with Gasteiger partial charge in [0.05, 0.1) is 12.8 Å². The highest BCUT2D eigenvalue weighted by molar-refractivity contribution is 5.71. The van der Waals surface area contributed by atoms with Gasteiger partial charge in [0.1, 0.15) is 5.75 Å². The Labute approximate surface area is 112 Å². The van der Waals surface area contributed by atoms with Gasteiger partial charge in [-0.3, -0.25) is 0 Å². The third-order valence-electron chi connectivity index (χ3n) is 3.40. The molecule has 0 atom stereocenters. The van der Waals surface area contributed by atoms with Gasteiger partial charge in [0.2, 0.25) is 0 Å². The van der Waals surface area contributed by atoms with Crippen molar-refractivity contribution in [1.29, 1.82) is 0 Å². The number of nitrogens with zero attached hydrogens (tertiary/aromatic N) is 1. The fourth-order valence-electron chi connectivity index (χ4n) is 2.36. The van der Waals surface area contributed by atoms with Crippen molar-refractivity contribution in [2.24, 2.45) is 0 Å². The molecular formula is C15H18N2O2. The average Bonchev–Trinajstić information content (AvgIpc) is 2.32. The van der Waals surface area contributed by atoms with Crippen LogP contribution >= 0.6 is 0 Å². The number of methoxy groups -OCH3 is 1. The molecule has 0 saturated carbocycles. The molecule has 0 aliphatic carbocycles. The number of benzene rings is 1. The second-order valence-corrected chi connectivity index (χ2v) is 4.78. The Morgan fingerprint density at radius 1 is 1.11 bits per heavy atom. The van der Waals surface area contributed by atoms with E-state index in [-0.39, 0.29) is 5.69 Å². The number of aromatic amines is 1. The van der Waals surface area contributed by atoms with Crippen LogP contribution in [0.4, 0.5) is 0 Å². The first-order valence-corrected chi connectivity index (χ1v) is 6.17. The first-order valence-electron chi connectivity index (χ1n) is 6.17. The highest BCUT2D eigenvalue weighted by Gasteiger charge is 2.14. The predicted molar refractivity (Wildman–Crippen MR) is 75.8 cm³/mol. The first kappa shape index (κ1) is 13.3. The largest absolute Gasteiger partial charge is 0.496 e. The summed E-state index contributed by atoms with van der Waals surface area (Å²) < 4.78 is 5.36. The molecule has 4 heteroatoms. The van der Waals surface area contributed by atoms with Crippen molar-refractivity contribution in [3.8, 4) is 17.0 Å². The van der Waals surface area contributed by atoms with Crippen molar-refractivity contribution >= 4 is 0 Å². The van der Waals surface area contributed by atoms with Crippen LogP contribution < -0.4 is 10.4 Å². The Morgan fingerprint density at radius 3 is 2.37 bits per heavy atom. The lowest BCUT2D eigenvalue weighted by molar-refractivity contribution is 0.411. The maximum Gasteiger partial charge on any atom is 0.345 e. The minimum Gasteiger partial charge on any atom is -0.496 e. The molecule has 0 aliphatic heterocycles. The summed E-state index contributed by atoms with van der Waals surface area (Å²) in [6.07, 6.45) is 0. The zero-order chi connectivity index (χ0) is 14.2. The number of hydrogen-bond acceptors (Lipinski definition) is 3. The lowest BCUT2D eigenvalue weighted by atomic mass is 9.95. The van der Waals surface area contributed by atoms with Crippen LogP contribution in [0.2, 0.25) is 0 Å². The molecular weight excluding hydrogens is 240 g/mol. The second-order valence-electron chi connectivity index (χ2n) is 4.78. The molecule has 1 aromatic heterocycles. The molecule has 1 heterocycles. The van der Waals surface area contributed by atoms with E-state index in [0.29, 0.717) is 5.69 Å².